The summed E-state index contributed by atoms with van der Waals surface area (Å²) in [6, 6.07) is 0.0676. The van der Waals surface area contributed by atoms with Crippen LogP contribution in [0.5, 0.6) is 0 Å². The van der Waals surface area contributed by atoms with Crippen LogP contribution in [0.15, 0.2) is 12.4 Å². The Labute approximate surface area is 126 Å². The fourth-order valence-electron chi connectivity index (χ4n) is 2.69. The van der Waals surface area contributed by atoms with Gasteiger partial charge in [0.25, 0.3) is 0 Å². The zero-order chi connectivity index (χ0) is 15.2. The van der Waals surface area contributed by atoms with Crippen molar-refractivity contribution >= 4 is 5.97 Å². The van der Waals surface area contributed by atoms with Gasteiger partial charge in [-0.1, -0.05) is 0 Å². The van der Waals surface area contributed by atoms with Crippen LogP contribution in [0.1, 0.15) is 31.9 Å². The van der Waals surface area contributed by atoms with Crippen LogP contribution in [0, 0.1) is 0 Å². The smallest absolute Gasteiger partial charge is 0.307 e. The van der Waals surface area contributed by atoms with Crippen molar-refractivity contribution in [3.63, 3.8) is 0 Å². The van der Waals surface area contributed by atoms with E-state index in [1.165, 1.54) is 0 Å². The van der Waals surface area contributed by atoms with Crippen LogP contribution in [-0.2, 0) is 16.1 Å². The van der Waals surface area contributed by atoms with E-state index in [-0.39, 0.29) is 12.0 Å². The van der Waals surface area contributed by atoms with Crippen LogP contribution in [0.25, 0.3) is 0 Å². The Kier molecular flexibility index (Phi) is 5.76. The highest BCUT2D eigenvalue weighted by Gasteiger charge is 2.27. The van der Waals surface area contributed by atoms with Crippen molar-refractivity contribution in [2.75, 3.05) is 39.8 Å². The molecule has 1 fully saturated rings. The third-order valence-corrected chi connectivity index (χ3v) is 4.01. The average Bonchev–Trinajstić information content (AvgIpc) is 2.95. The van der Waals surface area contributed by atoms with Crippen molar-refractivity contribution < 1.29 is 9.53 Å². The number of nitrogens with zero attached hydrogens (tertiary/aromatic N) is 4. The number of hydrogen-bond donors (Lipinski definition) is 0. The predicted octanol–water partition coefficient (Wildman–Crippen LogP) is 1.14. The molecule has 6 heteroatoms. The number of ether oxygens (including phenoxy) is 1. The summed E-state index contributed by atoms with van der Waals surface area (Å²) in [6.07, 6.45) is 4.32. The number of esters is 1. The zero-order valence-corrected chi connectivity index (χ0v) is 13.3. The molecule has 0 N–H and O–H groups in total. The summed E-state index contributed by atoms with van der Waals surface area (Å²) in [5, 5.41) is 4.35. The van der Waals surface area contributed by atoms with Gasteiger partial charge in [-0.2, -0.15) is 5.10 Å². The monoisotopic (exact) mass is 294 g/mol. The first-order valence-electron chi connectivity index (χ1n) is 7.74. The number of carbonyl (C=O) groups excluding carboxylic acids is 1. The minimum atomic E-state index is -0.134. The van der Waals surface area contributed by atoms with Crippen LogP contribution in [0.4, 0.5) is 0 Å². The Morgan fingerprint density at radius 1 is 1.33 bits per heavy atom. The van der Waals surface area contributed by atoms with Crippen molar-refractivity contribution in [1.82, 2.24) is 19.6 Å². The Balaban J connectivity index is 2.11. The molecular formula is C15H26N4O2. The number of carbonyl (C=O) groups is 1. The molecule has 1 unspecified atom stereocenters. The average molecular weight is 294 g/mol. The van der Waals surface area contributed by atoms with Gasteiger partial charge in [-0.3, -0.25) is 14.4 Å². The molecule has 0 radical (unpaired) electrons. The largest absolute Gasteiger partial charge is 0.466 e. The summed E-state index contributed by atoms with van der Waals surface area (Å²) in [5.41, 5.74) is 1.11. The van der Waals surface area contributed by atoms with Crippen LogP contribution in [-0.4, -0.2) is 65.4 Å². The molecule has 0 aromatic carbocycles. The van der Waals surface area contributed by atoms with E-state index in [9.17, 15) is 4.79 Å². The molecule has 0 spiro atoms. The van der Waals surface area contributed by atoms with Gasteiger partial charge >= 0.3 is 5.97 Å². The zero-order valence-electron chi connectivity index (χ0n) is 13.3. The standard InChI is InChI=1S/C15H26N4O2/c1-4-19-12-13(11-16-19)14(10-15(20)21-5-2)18-8-6-17(3)7-9-18/h11-12,14H,4-10H2,1-3H3. The second-order valence-electron chi connectivity index (χ2n) is 5.49. The molecule has 1 aromatic heterocycles. The first-order valence-corrected chi connectivity index (χ1v) is 7.74. The topological polar surface area (TPSA) is 50.6 Å². The van der Waals surface area contributed by atoms with Crippen molar-refractivity contribution in [3.8, 4) is 0 Å². The Morgan fingerprint density at radius 2 is 2.05 bits per heavy atom. The van der Waals surface area contributed by atoms with Gasteiger partial charge < -0.3 is 9.64 Å². The van der Waals surface area contributed by atoms with Gasteiger partial charge in [0.05, 0.1) is 19.2 Å². The molecule has 1 saturated heterocycles. The van der Waals surface area contributed by atoms with Gasteiger partial charge in [0.15, 0.2) is 0 Å². The van der Waals surface area contributed by atoms with Gasteiger partial charge in [0.2, 0.25) is 0 Å². The van der Waals surface area contributed by atoms with Crippen molar-refractivity contribution in [1.29, 1.82) is 0 Å². The van der Waals surface area contributed by atoms with E-state index in [0.29, 0.717) is 13.0 Å². The fourth-order valence-corrected chi connectivity index (χ4v) is 2.69. The lowest BCUT2D eigenvalue weighted by molar-refractivity contribution is -0.144. The van der Waals surface area contributed by atoms with Gasteiger partial charge in [-0.05, 0) is 20.9 Å². The summed E-state index contributed by atoms with van der Waals surface area (Å²) in [7, 11) is 2.13. The molecule has 0 amide bonds. The maximum Gasteiger partial charge on any atom is 0.307 e. The third kappa shape index (κ3) is 4.28. The van der Waals surface area contributed by atoms with Crippen LogP contribution < -0.4 is 0 Å². The molecule has 1 aliphatic rings. The number of rotatable bonds is 6. The lowest BCUT2D eigenvalue weighted by atomic mass is 10.0. The SMILES string of the molecule is CCOC(=O)CC(c1cnn(CC)c1)N1CCN(C)CC1. The van der Waals surface area contributed by atoms with Crippen molar-refractivity contribution in [3.05, 3.63) is 18.0 Å². The Morgan fingerprint density at radius 3 is 2.62 bits per heavy atom. The van der Waals surface area contributed by atoms with Gasteiger partial charge in [0.1, 0.15) is 0 Å². The minimum absolute atomic E-state index is 0.0676. The number of aryl methyl sites for hydroxylation is 1. The molecule has 0 saturated carbocycles. The quantitative estimate of drug-likeness (QED) is 0.737. The van der Waals surface area contributed by atoms with Crippen LogP contribution in [0.3, 0.4) is 0 Å². The molecule has 6 nitrogen and oxygen atoms in total. The van der Waals surface area contributed by atoms with E-state index in [1.807, 2.05) is 24.0 Å². The highest BCUT2D eigenvalue weighted by atomic mass is 16.5. The molecule has 0 bridgehead atoms. The number of piperazine rings is 1. The van der Waals surface area contributed by atoms with Gasteiger partial charge in [-0.15, -0.1) is 0 Å². The highest BCUT2D eigenvalue weighted by Crippen LogP contribution is 2.25. The normalized spacial score (nSPS) is 18.6. The molecule has 1 aliphatic heterocycles. The van der Waals surface area contributed by atoms with E-state index < -0.39 is 0 Å². The van der Waals surface area contributed by atoms with E-state index in [0.717, 1.165) is 38.3 Å². The molecule has 2 heterocycles. The summed E-state index contributed by atoms with van der Waals surface area (Å²) >= 11 is 0. The molecular weight excluding hydrogens is 268 g/mol. The lowest BCUT2D eigenvalue weighted by Gasteiger charge is -2.37. The van der Waals surface area contributed by atoms with Gasteiger partial charge in [-0.25, -0.2) is 0 Å². The summed E-state index contributed by atoms with van der Waals surface area (Å²) in [5.74, 6) is -0.134. The molecule has 1 atom stereocenters. The Hall–Kier alpha value is -1.40. The number of likely N-dealkylation sites (N-methyl/N-ethyl adjacent to an activating group) is 1. The van der Waals surface area contributed by atoms with E-state index >= 15 is 0 Å². The molecule has 0 aliphatic carbocycles. The second-order valence-corrected chi connectivity index (χ2v) is 5.49. The highest BCUT2D eigenvalue weighted by molar-refractivity contribution is 5.70. The maximum absolute atomic E-state index is 11.9. The molecule has 2 rings (SSSR count). The fraction of sp³-hybridized carbons (Fsp3) is 0.733. The van der Waals surface area contributed by atoms with Crippen LogP contribution in [0.2, 0.25) is 0 Å². The maximum atomic E-state index is 11.9. The van der Waals surface area contributed by atoms with E-state index in [2.05, 4.69) is 28.9 Å². The first-order chi connectivity index (χ1) is 10.1. The minimum Gasteiger partial charge on any atom is -0.466 e. The second kappa shape index (κ2) is 7.56. The third-order valence-electron chi connectivity index (χ3n) is 4.01. The van der Waals surface area contributed by atoms with Crippen molar-refractivity contribution in [2.45, 2.75) is 32.9 Å². The van der Waals surface area contributed by atoms with Gasteiger partial charge in [0, 0.05) is 50.5 Å². The van der Waals surface area contributed by atoms with E-state index in [4.69, 9.17) is 4.74 Å². The first kappa shape index (κ1) is 16.0. The molecule has 1 aromatic rings. The Bertz CT molecular complexity index is 452. The van der Waals surface area contributed by atoms with E-state index in [1.54, 1.807) is 0 Å². The summed E-state index contributed by atoms with van der Waals surface area (Å²) in [6.45, 7) is 9.18. The number of aromatic nitrogens is 2. The summed E-state index contributed by atoms with van der Waals surface area (Å²) < 4.78 is 7.04. The van der Waals surface area contributed by atoms with Crippen molar-refractivity contribution in [2.24, 2.45) is 0 Å². The summed E-state index contributed by atoms with van der Waals surface area (Å²) in [4.78, 5) is 16.6. The lowest BCUT2D eigenvalue weighted by Crippen LogP contribution is -2.46. The molecule has 21 heavy (non-hydrogen) atoms. The number of hydrogen-bond acceptors (Lipinski definition) is 5. The predicted molar refractivity (Wildman–Crippen MR) is 81.0 cm³/mol. The molecule has 118 valence electrons. The van der Waals surface area contributed by atoms with Crippen LogP contribution >= 0.6 is 0 Å².